The summed E-state index contributed by atoms with van der Waals surface area (Å²) in [5.74, 6) is 0. The number of hydrogen-bond donors (Lipinski definition) is 1. The first-order valence-corrected chi connectivity index (χ1v) is 12.8. The second kappa shape index (κ2) is 9.99. The van der Waals surface area contributed by atoms with E-state index in [-0.39, 0.29) is 5.41 Å². The van der Waals surface area contributed by atoms with E-state index < -0.39 is 0 Å². The van der Waals surface area contributed by atoms with E-state index in [9.17, 15) is 0 Å². The Balaban J connectivity index is 1.85. The van der Waals surface area contributed by atoms with Crippen molar-refractivity contribution in [3.63, 3.8) is 0 Å². The van der Waals surface area contributed by atoms with Gasteiger partial charge in [-0.2, -0.15) is 0 Å². The lowest BCUT2D eigenvalue weighted by molar-refractivity contribution is 0.590. The van der Waals surface area contributed by atoms with Crippen LogP contribution in [0.5, 0.6) is 0 Å². The molecule has 5 aromatic rings. The molecule has 0 atom stereocenters. The summed E-state index contributed by atoms with van der Waals surface area (Å²) in [5.41, 5.74) is 17.7. The fourth-order valence-electron chi connectivity index (χ4n) is 4.88. The fraction of sp³-hybridized carbons (Fsp3) is 0.143. The molecule has 0 aliphatic rings. The Kier molecular flexibility index (Phi) is 6.58. The maximum atomic E-state index is 6.33. The van der Waals surface area contributed by atoms with Gasteiger partial charge in [-0.25, -0.2) is 0 Å². The predicted molar refractivity (Wildman–Crippen MR) is 160 cm³/mol. The standard InChI is InChI=1S/C35H34N2/c1-25-22-32(26-12-7-5-8-13-26)34(33(23-25)27-14-9-6-10-15-27)37(31-17-11-16-29(36)24-31)30-20-18-28(19-21-30)35(2,3)4/h5-24H,36H2,1-4H3. The van der Waals surface area contributed by atoms with Crippen molar-refractivity contribution in [2.24, 2.45) is 0 Å². The number of aryl methyl sites for hydroxylation is 1. The van der Waals surface area contributed by atoms with Gasteiger partial charge in [-0.15, -0.1) is 0 Å². The van der Waals surface area contributed by atoms with Gasteiger partial charge in [0.1, 0.15) is 0 Å². The summed E-state index contributed by atoms with van der Waals surface area (Å²) in [4.78, 5) is 2.35. The zero-order valence-corrected chi connectivity index (χ0v) is 22.1. The highest BCUT2D eigenvalue weighted by molar-refractivity contribution is 5.98. The lowest BCUT2D eigenvalue weighted by atomic mass is 9.87. The molecule has 184 valence electrons. The Morgan fingerprint density at radius 1 is 0.568 bits per heavy atom. The summed E-state index contributed by atoms with van der Waals surface area (Å²) >= 11 is 0. The van der Waals surface area contributed by atoms with Crippen molar-refractivity contribution in [2.75, 3.05) is 10.6 Å². The van der Waals surface area contributed by atoms with Crippen molar-refractivity contribution < 1.29 is 0 Å². The molecule has 0 saturated carbocycles. The Labute approximate surface area is 221 Å². The SMILES string of the molecule is Cc1cc(-c2ccccc2)c(N(c2ccc(C(C)(C)C)cc2)c2cccc(N)c2)c(-c2ccccc2)c1. The van der Waals surface area contributed by atoms with Crippen LogP contribution in [0.25, 0.3) is 22.3 Å². The lowest BCUT2D eigenvalue weighted by Gasteiger charge is -2.31. The third-order valence-electron chi connectivity index (χ3n) is 6.77. The van der Waals surface area contributed by atoms with E-state index in [1.165, 1.54) is 33.4 Å². The maximum Gasteiger partial charge on any atom is 0.0618 e. The first kappa shape index (κ1) is 24.4. The van der Waals surface area contributed by atoms with E-state index in [0.29, 0.717) is 0 Å². The Hall–Kier alpha value is -4.30. The fourth-order valence-corrected chi connectivity index (χ4v) is 4.88. The van der Waals surface area contributed by atoms with Gasteiger partial charge in [0.2, 0.25) is 0 Å². The number of anilines is 4. The molecule has 37 heavy (non-hydrogen) atoms. The molecule has 0 amide bonds. The van der Waals surface area contributed by atoms with E-state index in [1.807, 2.05) is 12.1 Å². The largest absolute Gasteiger partial charge is 0.399 e. The van der Waals surface area contributed by atoms with Gasteiger partial charge in [0, 0.05) is 28.2 Å². The van der Waals surface area contributed by atoms with Gasteiger partial charge >= 0.3 is 0 Å². The van der Waals surface area contributed by atoms with E-state index in [1.54, 1.807) is 0 Å². The number of hydrogen-bond acceptors (Lipinski definition) is 2. The molecular formula is C35H34N2. The van der Waals surface area contributed by atoms with E-state index in [0.717, 1.165) is 22.7 Å². The summed E-state index contributed by atoms with van der Waals surface area (Å²) in [5, 5.41) is 0. The van der Waals surface area contributed by atoms with Gasteiger partial charge in [-0.3, -0.25) is 0 Å². The zero-order chi connectivity index (χ0) is 26.0. The van der Waals surface area contributed by atoms with Gasteiger partial charge in [-0.05, 0) is 77.1 Å². The zero-order valence-electron chi connectivity index (χ0n) is 22.1. The number of benzene rings is 5. The molecule has 0 unspecified atom stereocenters. The summed E-state index contributed by atoms with van der Waals surface area (Å²) in [6.07, 6.45) is 0. The van der Waals surface area contributed by atoms with Crippen LogP contribution in [0.4, 0.5) is 22.7 Å². The molecule has 0 radical (unpaired) electrons. The normalized spacial score (nSPS) is 11.4. The Bertz CT molecular complexity index is 1430. The smallest absolute Gasteiger partial charge is 0.0618 e. The summed E-state index contributed by atoms with van der Waals surface area (Å²) < 4.78 is 0. The summed E-state index contributed by atoms with van der Waals surface area (Å²) in [6.45, 7) is 8.92. The second-order valence-corrected chi connectivity index (χ2v) is 10.7. The van der Waals surface area contributed by atoms with Crippen LogP contribution < -0.4 is 10.6 Å². The predicted octanol–water partition coefficient (Wildman–Crippen LogP) is 9.68. The van der Waals surface area contributed by atoms with Gasteiger partial charge in [0.25, 0.3) is 0 Å². The van der Waals surface area contributed by atoms with Gasteiger partial charge < -0.3 is 10.6 Å². The molecule has 0 heterocycles. The molecule has 0 aliphatic carbocycles. The molecule has 0 fully saturated rings. The number of nitrogens with zero attached hydrogens (tertiary/aromatic N) is 1. The molecule has 5 aromatic carbocycles. The molecule has 0 spiro atoms. The summed E-state index contributed by atoms with van der Waals surface area (Å²) in [6, 6.07) is 43.0. The first-order chi connectivity index (χ1) is 17.8. The van der Waals surface area contributed by atoms with Crippen molar-refractivity contribution in [1.29, 1.82) is 0 Å². The highest BCUT2D eigenvalue weighted by Gasteiger charge is 2.23. The number of nitrogen functional groups attached to an aromatic ring is 1. The highest BCUT2D eigenvalue weighted by Crippen LogP contribution is 2.47. The topological polar surface area (TPSA) is 29.3 Å². The molecule has 5 rings (SSSR count). The molecule has 2 heteroatoms. The van der Waals surface area contributed by atoms with Crippen LogP contribution in [0.1, 0.15) is 31.9 Å². The molecule has 0 bridgehead atoms. The molecular weight excluding hydrogens is 448 g/mol. The quantitative estimate of drug-likeness (QED) is 0.253. The number of rotatable bonds is 5. The van der Waals surface area contributed by atoms with Crippen molar-refractivity contribution in [2.45, 2.75) is 33.1 Å². The van der Waals surface area contributed by atoms with Crippen molar-refractivity contribution in [3.05, 3.63) is 132 Å². The summed E-state index contributed by atoms with van der Waals surface area (Å²) in [7, 11) is 0. The molecule has 0 saturated heterocycles. The average Bonchev–Trinajstić information content (AvgIpc) is 2.90. The minimum Gasteiger partial charge on any atom is -0.399 e. The van der Waals surface area contributed by atoms with Crippen LogP contribution in [-0.4, -0.2) is 0 Å². The van der Waals surface area contributed by atoms with Crippen molar-refractivity contribution >= 4 is 22.7 Å². The van der Waals surface area contributed by atoms with Gasteiger partial charge in [0.15, 0.2) is 0 Å². The van der Waals surface area contributed by atoms with Crippen LogP contribution >= 0.6 is 0 Å². The van der Waals surface area contributed by atoms with E-state index in [4.69, 9.17) is 5.73 Å². The Morgan fingerprint density at radius 3 is 1.59 bits per heavy atom. The monoisotopic (exact) mass is 482 g/mol. The van der Waals surface area contributed by atoms with Crippen molar-refractivity contribution in [1.82, 2.24) is 0 Å². The van der Waals surface area contributed by atoms with Crippen LogP contribution in [0, 0.1) is 6.92 Å². The van der Waals surface area contributed by atoms with E-state index in [2.05, 4.69) is 142 Å². The third-order valence-corrected chi connectivity index (χ3v) is 6.77. The molecule has 2 N–H and O–H groups in total. The van der Waals surface area contributed by atoms with Crippen LogP contribution in [0.2, 0.25) is 0 Å². The average molecular weight is 483 g/mol. The van der Waals surface area contributed by atoms with Crippen LogP contribution in [-0.2, 0) is 5.41 Å². The minimum absolute atomic E-state index is 0.0782. The highest BCUT2D eigenvalue weighted by atomic mass is 15.1. The minimum atomic E-state index is 0.0782. The van der Waals surface area contributed by atoms with E-state index >= 15 is 0 Å². The van der Waals surface area contributed by atoms with Crippen molar-refractivity contribution in [3.8, 4) is 22.3 Å². The lowest BCUT2D eigenvalue weighted by Crippen LogP contribution is -2.15. The number of nitrogens with two attached hydrogens (primary N) is 1. The maximum absolute atomic E-state index is 6.33. The van der Waals surface area contributed by atoms with Gasteiger partial charge in [0.05, 0.1) is 5.69 Å². The van der Waals surface area contributed by atoms with Crippen LogP contribution in [0.15, 0.2) is 121 Å². The molecule has 2 nitrogen and oxygen atoms in total. The second-order valence-electron chi connectivity index (χ2n) is 10.7. The van der Waals surface area contributed by atoms with Gasteiger partial charge in [-0.1, -0.05) is 99.6 Å². The van der Waals surface area contributed by atoms with Crippen LogP contribution in [0.3, 0.4) is 0 Å². The first-order valence-electron chi connectivity index (χ1n) is 12.8. The molecule has 0 aliphatic heterocycles. The Morgan fingerprint density at radius 2 is 1.11 bits per heavy atom. The molecule has 0 aromatic heterocycles. The third kappa shape index (κ3) is 5.15.